The molecule has 4 nitrogen and oxygen atoms in total. The van der Waals surface area contributed by atoms with E-state index in [2.05, 4.69) is 9.68 Å². The van der Waals surface area contributed by atoms with Gasteiger partial charge in [-0.25, -0.2) is 8.42 Å². The minimum atomic E-state index is -3.78. The molecule has 0 aliphatic rings. The van der Waals surface area contributed by atoms with Crippen molar-refractivity contribution in [2.75, 3.05) is 0 Å². The highest BCUT2D eigenvalue weighted by Gasteiger charge is 2.17. The van der Waals surface area contributed by atoms with Gasteiger partial charge < -0.3 is 4.52 Å². The maximum Gasteiger partial charge on any atom is 0.261 e. The predicted octanol–water partition coefficient (Wildman–Crippen LogP) is 2.58. The first-order valence-electron chi connectivity index (χ1n) is 4.43. The highest BCUT2D eigenvalue weighted by atomic mass is 35.7. The molecule has 84 valence electrons. The van der Waals surface area contributed by atoms with E-state index in [1.54, 1.807) is 19.1 Å². The highest BCUT2D eigenvalue weighted by molar-refractivity contribution is 8.13. The Balaban J connectivity index is 2.72. The third-order valence-corrected chi connectivity index (χ3v) is 3.50. The predicted molar refractivity (Wildman–Crippen MR) is 59.7 cm³/mol. The first-order valence-corrected chi connectivity index (χ1v) is 6.74. The number of halogens is 1. The molecule has 1 heterocycles. The van der Waals surface area contributed by atoms with Crippen molar-refractivity contribution in [3.63, 3.8) is 0 Å². The van der Waals surface area contributed by atoms with Gasteiger partial charge in [0.1, 0.15) is 6.26 Å². The topological polar surface area (TPSA) is 60.2 Å². The number of aryl methyl sites for hydroxylation is 1. The van der Waals surface area contributed by atoms with Crippen molar-refractivity contribution in [1.29, 1.82) is 0 Å². The lowest BCUT2D eigenvalue weighted by molar-refractivity contribution is 0.420. The summed E-state index contributed by atoms with van der Waals surface area (Å²) < 4.78 is 27.5. The molecule has 0 radical (unpaired) electrons. The van der Waals surface area contributed by atoms with E-state index in [9.17, 15) is 8.42 Å². The van der Waals surface area contributed by atoms with Crippen molar-refractivity contribution in [3.05, 3.63) is 36.2 Å². The standard InChI is InChI=1S/C10H8ClNO3S/c1-7-2-3-9(8-5-12-15-6-8)10(4-7)16(11,13)14/h2-6H,1H3. The van der Waals surface area contributed by atoms with Crippen LogP contribution in [0.15, 0.2) is 40.1 Å². The SMILES string of the molecule is Cc1ccc(-c2cnoc2)c(S(=O)(=O)Cl)c1. The van der Waals surface area contributed by atoms with Gasteiger partial charge in [0.05, 0.1) is 11.1 Å². The molecule has 0 aliphatic heterocycles. The lowest BCUT2D eigenvalue weighted by Gasteiger charge is -2.05. The molecule has 0 saturated heterocycles. The van der Waals surface area contributed by atoms with Crippen molar-refractivity contribution in [3.8, 4) is 11.1 Å². The molecule has 2 rings (SSSR count). The maximum absolute atomic E-state index is 11.4. The largest absolute Gasteiger partial charge is 0.364 e. The van der Waals surface area contributed by atoms with Crippen LogP contribution in [0.25, 0.3) is 11.1 Å². The second kappa shape index (κ2) is 3.92. The van der Waals surface area contributed by atoms with Gasteiger partial charge >= 0.3 is 0 Å². The molecule has 0 saturated carbocycles. The summed E-state index contributed by atoms with van der Waals surface area (Å²) >= 11 is 0. The second-order valence-electron chi connectivity index (χ2n) is 3.35. The third-order valence-electron chi connectivity index (χ3n) is 2.14. The molecular formula is C10H8ClNO3S. The van der Waals surface area contributed by atoms with E-state index in [1.165, 1.54) is 18.5 Å². The van der Waals surface area contributed by atoms with Crippen LogP contribution in [-0.4, -0.2) is 13.6 Å². The number of hydrogen-bond donors (Lipinski definition) is 0. The summed E-state index contributed by atoms with van der Waals surface area (Å²) in [4.78, 5) is 0.0670. The average molecular weight is 258 g/mol. The van der Waals surface area contributed by atoms with Gasteiger partial charge in [-0.15, -0.1) is 0 Å². The zero-order chi connectivity index (χ0) is 11.8. The van der Waals surface area contributed by atoms with E-state index in [0.29, 0.717) is 11.1 Å². The molecule has 0 bridgehead atoms. The van der Waals surface area contributed by atoms with Crippen molar-refractivity contribution in [2.45, 2.75) is 11.8 Å². The van der Waals surface area contributed by atoms with E-state index < -0.39 is 9.05 Å². The molecule has 0 N–H and O–H groups in total. The van der Waals surface area contributed by atoms with Crippen molar-refractivity contribution >= 4 is 19.7 Å². The molecule has 0 fully saturated rings. The van der Waals surface area contributed by atoms with Gasteiger partial charge in [0.25, 0.3) is 9.05 Å². The van der Waals surface area contributed by atoms with Crippen LogP contribution in [0.1, 0.15) is 5.56 Å². The van der Waals surface area contributed by atoms with Crippen molar-refractivity contribution < 1.29 is 12.9 Å². The van der Waals surface area contributed by atoms with Crippen LogP contribution in [0.5, 0.6) is 0 Å². The molecule has 2 aromatic rings. The molecule has 1 aromatic heterocycles. The fourth-order valence-corrected chi connectivity index (χ4v) is 2.57. The van der Waals surface area contributed by atoms with Gasteiger partial charge in [0.15, 0.2) is 0 Å². The monoisotopic (exact) mass is 257 g/mol. The highest BCUT2D eigenvalue weighted by Crippen LogP contribution is 2.30. The van der Waals surface area contributed by atoms with Gasteiger partial charge in [-0.1, -0.05) is 17.3 Å². The summed E-state index contributed by atoms with van der Waals surface area (Å²) in [5.41, 5.74) is 1.89. The number of aromatic nitrogens is 1. The first-order chi connectivity index (χ1) is 7.48. The summed E-state index contributed by atoms with van der Waals surface area (Å²) in [5, 5.41) is 3.53. The Morgan fingerprint density at radius 2 is 2.12 bits per heavy atom. The van der Waals surface area contributed by atoms with Crippen LogP contribution in [0.4, 0.5) is 0 Å². The summed E-state index contributed by atoms with van der Waals surface area (Å²) in [5.74, 6) is 0. The van der Waals surface area contributed by atoms with E-state index in [-0.39, 0.29) is 4.90 Å². The summed E-state index contributed by atoms with van der Waals surface area (Å²) in [7, 11) is 1.59. The molecule has 0 aliphatic carbocycles. The molecule has 6 heteroatoms. The normalized spacial score (nSPS) is 11.6. The molecular weight excluding hydrogens is 250 g/mol. The summed E-state index contributed by atoms with van der Waals surface area (Å²) in [6.45, 7) is 1.79. The Morgan fingerprint density at radius 3 is 2.69 bits per heavy atom. The van der Waals surface area contributed by atoms with Gasteiger partial charge in [-0.2, -0.15) is 0 Å². The number of rotatable bonds is 2. The first kappa shape index (κ1) is 11.2. The van der Waals surface area contributed by atoms with Gasteiger partial charge in [0.2, 0.25) is 0 Å². The number of benzene rings is 1. The quantitative estimate of drug-likeness (QED) is 0.776. The minimum Gasteiger partial charge on any atom is -0.364 e. The maximum atomic E-state index is 11.4. The molecule has 0 amide bonds. The average Bonchev–Trinajstić information content (AvgIpc) is 2.69. The van der Waals surface area contributed by atoms with Crippen LogP contribution < -0.4 is 0 Å². The molecule has 16 heavy (non-hydrogen) atoms. The molecule has 0 unspecified atom stereocenters. The molecule has 1 aromatic carbocycles. The smallest absolute Gasteiger partial charge is 0.261 e. The van der Waals surface area contributed by atoms with Crippen molar-refractivity contribution in [1.82, 2.24) is 5.16 Å². The van der Waals surface area contributed by atoms with Crippen LogP contribution in [0.3, 0.4) is 0 Å². The van der Waals surface area contributed by atoms with E-state index in [4.69, 9.17) is 10.7 Å². The lowest BCUT2D eigenvalue weighted by atomic mass is 10.1. The third kappa shape index (κ3) is 2.10. The Kier molecular flexibility index (Phi) is 2.73. The van der Waals surface area contributed by atoms with E-state index in [1.807, 2.05) is 0 Å². The summed E-state index contributed by atoms with van der Waals surface area (Å²) in [6.07, 6.45) is 2.81. The lowest BCUT2D eigenvalue weighted by Crippen LogP contribution is -1.95. The number of nitrogens with zero attached hydrogens (tertiary/aromatic N) is 1. The van der Waals surface area contributed by atoms with Crippen molar-refractivity contribution in [2.24, 2.45) is 0 Å². The second-order valence-corrected chi connectivity index (χ2v) is 5.88. The molecule has 0 atom stereocenters. The Morgan fingerprint density at radius 1 is 1.38 bits per heavy atom. The Labute approximate surface area is 97.3 Å². The van der Waals surface area contributed by atoms with Crippen LogP contribution >= 0.6 is 10.7 Å². The van der Waals surface area contributed by atoms with E-state index >= 15 is 0 Å². The zero-order valence-corrected chi connectivity index (χ0v) is 9.92. The van der Waals surface area contributed by atoms with E-state index in [0.717, 1.165) is 5.56 Å². The Hall–Kier alpha value is -1.33. The van der Waals surface area contributed by atoms with Crippen LogP contribution in [-0.2, 0) is 9.05 Å². The number of hydrogen-bond acceptors (Lipinski definition) is 4. The Bertz CT molecular complexity index is 605. The van der Waals surface area contributed by atoms with Gasteiger partial charge in [0, 0.05) is 21.8 Å². The van der Waals surface area contributed by atoms with Gasteiger partial charge in [-0.05, 0) is 18.6 Å². The summed E-state index contributed by atoms with van der Waals surface area (Å²) in [6, 6.07) is 5.00. The fraction of sp³-hybridized carbons (Fsp3) is 0.100. The van der Waals surface area contributed by atoms with Gasteiger partial charge in [-0.3, -0.25) is 0 Å². The zero-order valence-electron chi connectivity index (χ0n) is 8.34. The van der Waals surface area contributed by atoms with Crippen LogP contribution in [0.2, 0.25) is 0 Å². The fourth-order valence-electron chi connectivity index (χ4n) is 1.41. The molecule has 0 spiro atoms. The minimum absolute atomic E-state index is 0.0670. The van der Waals surface area contributed by atoms with Crippen LogP contribution in [0, 0.1) is 6.92 Å².